The first kappa shape index (κ1) is 19.4. The van der Waals surface area contributed by atoms with Gasteiger partial charge in [0.05, 0.1) is 11.0 Å². The lowest BCUT2D eigenvalue weighted by Crippen LogP contribution is -2.14. The summed E-state index contributed by atoms with van der Waals surface area (Å²) in [5, 5.41) is 5.36. The van der Waals surface area contributed by atoms with E-state index >= 15 is 0 Å². The highest BCUT2D eigenvalue weighted by Gasteiger charge is 2.37. The molecular weight excluding hydrogens is 442 g/mol. The monoisotopic (exact) mass is 465 g/mol. The third-order valence-electron chi connectivity index (χ3n) is 8.00. The normalized spacial score (nSPS) is 14.2. The van der Waals surface area contributed by atoms with Crippen LogP contribution in [0.15, 0.2) is 103 Å². The van der Waals surface area contributed by atoms with Gasteiger partial charge in [-0.25, -0.2) is 0 Å². The van der Waals surface area contributed by atoms with Gasteiger partial charge in [0.2, 0.25) is 0 Å². The summed E-state index contributed by atoms with van der Waals surface area (Å²) in [6.07, 6.45) is 0. The molecule has 7 aromatic rings. The van der Waals surface area contributed by atoms with Crippen molar-refractivity contribution in [1.82, 2.24) is 4.57 Å². The van der Waals surface area contributed by atoms with Crippen molar-refractivity contribution in [2.24, 2.45) is 0 Å². The molecule has 0 bridgehead atoms. The number of rotatable bonds is 1. The second-order valence-electron chi connectivity index (χ2n) is 10.2. The van der Waals surface area contributed by atoms with Crippen LogP contribution in [0.4, 0.5) is 0 Å². The van der Waals surface area contributed by atoms with Crippen molar-refractivity contribution in [1.29, 1.82) is 0 Å². The maximum atomic E-state index is 2.46. The number of aromatic nitrogens is 1. The van der Waals surface area contributed by atoms with Gasteiger partial charge in [-0.3, -0.25) is 0 Å². The summed E-state index contributed by atoms with van der Waals surface area (Å²) in [4.78, 5) is 0. The van der Waals surface area contributed by atoms with Gasteiger partial charge in [-0.2, -0.15) is 0 Å². The van der Waals surface area contributed by atoms with Crippen LogP contribution in [0.5, 0.6) is 0 Å². The molecule has 0 N–H and O–H groups in total. The van der Waals surface area contributed by atoms with Gasteiger partial charge in [0, 0.05) is 42.0 Å². The van der Waals surface area contributed by atoms with E-state index in [2.05, 4.69) is 122 Å². The number of nitrogens with zero attached hydrogens (tertiary/aromatic N) is 1. The molecule has 1 nitrogen and oxygen atoms in total. The van der Waals surface area contributed by atoms with E-state index in [0.29, 0.717) is 0 Å². The van der Waals surface area contributed by atoms with Crippen molar-refractivity contribution in [3.05, 3.63) is 114 Å². The minimum absolute atomic E-state index is 0.00216. The molecule has 0 spiro atoms. The summed E-state index contributed by atoms with van der Waals surface area (Å²) in [6.45, 7) is 4.72. The Hall–Kier alpha value is -3.88. The molecular formula is C33H23NS. The van der Waals surface area contributed by atoms with E-state index in [1.165, 1.54) is 69.9 Å². The second-order valence-corrected chi connectivity index (χ2v) is 11.3. The van der Waals surface area contributed by atoms with Crippen molar-refractivity contribution in [3.63, 3.8) is 0 Å². The zero-order valence-electron chi connectivity index (χ0n) is 19.7. The highest BCUT2D eigenvalue weighted by Crippen LogP contribution is 2.53. The van der Waals surface area contributed by atoms with Crippen molar-refractivity contribution in [3.8, 4) is 16.8 Å². The molecule has 166 valence electrons. The first-order valence-electron chi connectivity index (χ1n) is 12.2. The number of fused-ring (bicyclic) bond motifs is 10. The minimum Gasteiger partial charge on any atom is -0.309 e. The fourth-order valence-electron chi connectivity index (χ4n) is 6.38. The van der Waals surface area contributed by atoms with Crippen LogP contribution in [0.2, 0.25) is 0 Å². The molecule has 8 rings (SSSR count). The first-order chi connectivity index (χ1) is 17.1. The number of hydrogen-bond acceptors (Lipinski definition) is 1. The maximum absolute atomic E-state index is 2.46. The van der Waals surface area contributed by atoms with Crippen molar-refractivity contribution in [2.75, 3.05) is 0 Å². The summed E-state index contributed by atoms with van der Waals surface area (Å²) < 4.78 is 5.15. The van der Waals surface area contributed by atoms with Gasteiger partial charge in [-0.05, 0) is 58.7 Å². The minimum atomic E-state index is -0.00216. The fraction of sp³-hybridized carbons (Fsp3) is 0.0909. The summed E-state index contributed by atoms with van der Waals surface area (Å²) in [6, 6.07) is 38.3. The maximum Gasteiger partial charge on any atom is 0.0547 e. The molecule has 0 radical (unpaired) electrons. The van der Waals surface area contributed by atoms with Crippen LogP contribution in [0, 0.1) is 0 Å². The van der Waals surface area contributed by atoms with Crippen LogP contribution < -0.4 is 0 Å². The molecule has 35 heavy (non-hydrogen) atoms. The molecule has 0 atom stereocenters. The van der Waals surface area contributed by atoms with Gasteiger partial charge in [-0.1, -0.05) is 80.6 Å². The quantitative estimate of drug-likeness (QED) is 0.227. The molecule has 0 saturated carbocycles. The van der Waals surface area contributed by atoms with Gasteiger partial charge in [0.1, 0.15) is 0 Å². The Labute approximate surface area is 207 Å². The van der Waals surface area contributed by atoms with E-state index < -0.39 is 0 Å². The highest BCUT2D eigenvalue weighted by molar-refractivity contribution is 7.25. The Morgan fingerprint density at radius 3 is 2.26 bits per heavy atom. The molecule has 2 heteroatoms. The third-order valence-corrected chi connectivity index (χ3v) is 9.15. The molecule has 0 saturated heterocycles. The molecule has 5 aromatic carbocycles. The molecule has 0 unspecified atom stereocenters. The zero-order chi connectivity index (χ0) is 23.3. The average molecular weight is 466 g/mol. The second kappa shape index (κ2) is 6.62. The van der Waals surface area contributed by atoms with Gasteiger partial charge >= 0.3 is 0 Å². The summed E-state index contributed by atoms with van der Waals surface area (Å²) in [5.74, 6) is 0. The van der Waals surface area contributed by atoms with Crippen LogP contribution in [0.1, 0.15) is 25.0 Å². The van der Waals surface area contributed by atoms with Crippen LogP contribution in [0.3, 0.4) is 0 Å². The Morgan fingerprint density at radius 2 is 1.34 bits per heavy atom. The smallest absolute Gasteiger partial charge is 0.0547 e. The SMILES string of the molecule is CC1(C)c2ccccc2-c2c1ccc1c2c2ccccc2n1-c1ccc2sc3ccccc3c2c1. The Morgan fingerprint density at radius 1 is 0.600 bits per heavy atom. The Kier molecular flexibility index (Phi) is 3.67. The summed E-state index contributed by atoms with van der Waals surface area (Å²) in [7, 11) is 0. The summed E-state index contributed by atoms with van der Waals surface area (Å²) in [5.41, 5.74) is 9.38. The molecule has 1 aliphatic carbocycles. The van der Waals surface area contributed by atoms with E-state index in [0.717, 1.165) is 0 Å². The lowest BCUT2D eigenvalue weighted by molar-refractivity contribution is 0.661. The summed E-state index contributed by atoms with van der Waals surface area (Å²) >= 11 is 1.87. The lowest BCUT2D eigenvalue weighted by atomic mass is 9.82. The van der Waals surface area contributed by atoms with Gasteiger partial charge < -0.3 is 4.57 Å². The largest absolute Gasteiger partial charge is 0.309 e. The number of hydrogen-bond donors (Lipinski definition) is 0. The van der Waals surface area contributed by atoms with Gasteiger partial charge in [0.25, 0.3) is 0 Å². The van der Waals surface area contributed by atoms with Crippen LogP contribution in [-0.4, -0.2) is 4.57 Å². The fourth-order valence-corrected chi connectivity index (χ4v) is 7.47. The number of thiophene rings is 1. The molecule has 2 aromatic heterocycles. The van der Waals surface area contributed by atoms with Crippen molar-refractivity contribution >= 4 is 53.3 Å². The average Bonchev–Trinajstić information content (AvgIpc) is 3.50. The Balaban J connectivity index is 1.52. The molecule has 1 aliphatic rings. The number of para-hydroxylation sites is 1. The van der Waals surface area contributed by atoms with Crippen LogP contribution in [0.25, 0.3) is 58.8 Å². The Bertz CT molecular complexity index is 1980. The topological polar surface area (TPSA) is 4.93 Å². The first-order valence-corrected chi connectivity index (χ1v) is 13.0. The highest BCUT2D eigenvalue weighted by atomic mass is 32.1. The molecule has 0 amide bonds. The predicted octanol–water partition coefficient (Wildman–Crippen LogP) is 9.46. The molecule has 2 heterocycles. The molecule has 0 aliphatic heterocycles. The third kappa shape index (κ3) is 2.42. The predicted molar refractivity (Wildman–Crippen MR) is 151 cm³/mol. The molecule has 0 fully saturated rings. The van der Waals surface area contributed by atoms with E-state index in [1.807, 2.05) is 11.3 Å². The standard InChI is InChI=1S/C33H23NS/c1-33(2)25-12-6-3-10-22(25)31-26(33)16-17-28-32(31)23-11-4-7-13-27(23)34(28)20-15-18-30-24(19-20)21-9-5-8-14-29(21)35-30/h3-19H,1-2H3. The number of benzene rings is 5. The lowest BCUT2D eigenvalue weighted by Gasteiger charge is -2.21. The van der Waals surface area contributed by atoms with Gasteiger partial charge in [-0.15, -0.1) is 11.3 Å². The van der Waals surface area contributed by atoms with Crippen molar-refractivity contribution in [2.45, 2.75) is 19.3 Å². The van der Waals surface area contributed by atoms with Crippen LogP contribution in [-0.2, 0) is 5.41 Å². The van der Waals surface area contributed by atoms with E-state index in [-0.39, 0.29) is 5.41 Å². The van der Waals surface area contributed by atoms with Crippen LogP contribution >= 0.6 is 11.3 Å². The zero-order valence-corrected chi connectivity index (χ0v) is 20.5. The van der Waals surface area contributed by atoms with E-state index in [9.17, 15) is 0 Å². The van der Waals surface area contributed by atoms with Gasteiger partial charge in [0.15, 0.2) is 0 Å². The van der Waals surface area contributed by atoms with E-state index in [4.69, 9.17) is 0 Å². The van der Waals surface area contributed by atoms with E-state index in [1.54, 1.807) is 0 Å². The van der Waals surface area contributed by atoms with Crippen molar-refractivity contribution < 1.29 is 0 Å².